The largest absolute Gasteiger partial charge is 0.507 e. The van der Waals surface area contributed by atoms with Crippen LogP contribution in [0.4, 0.5) is 4.39 Å². The third-order valence-corrected chi connectivity index (χ3v) is 5.27. The molecule has 0 spiro atoms. The van der Waals surface area contributed by atoms with Crippen LogP contribution in [0.15, 0.2) is 47.3 Å². The lowest BCUT2D eigenvalue weighted by Crippen LogP contribution is -2.28. The van der Waals surface area contributed by atoms with E-state index in [1.807, 2.05) is 45.9 Å². The Morgan fingerprint density at radius 1 is 1.17 bits per heavy atom. The van der Waals surface area contributed by atoms with Crippen molar-refractivity contribution < 1.29 is 9.50 Å². The minimum Gasteiger partial charge on any atom is -0.507 e. The number of hydrogen-bond acceptors (Lipinski definition) is 3. The second-order valence-electron chi connectivity index (χ2n) is 7.59. The highest BCUT2D eigenvalue weighted by Gasteiger charge is 2.19. The maximum Gasteiger partial charge on any atom is 0.257 e. The van der Waals surface area contributed by atoms with E-state index in [0.29, 0.717) is 42.0 Å². The summed E-state index contributed by atoms with van der Waals surface area (Å²) in [6.45, 7) is 8.12. The predicted molar refractivity (Wildman–Crippen MR) is 114 cm³/mol. The van der Waals surface area contributed by atoms with E-state index in [9.17, 15) is 14.3 Å². The van der Waals surface area contributed by atoms with Crippen molar-refractivity contribution in [1.29, 1.82) is 0 Å². The van der Waals surface area contributed by atoms with Gasteiger partial charge < -0.3 is 5.11 Å². The molecule has 2 aromatic carbocycles. The van der Waals surface area contributed by atoms with Crippen molar-refractivity contribution in [2.75, 3.05) is 0 Å². The number of aryl methyl sites for hydroxylation is 2. The van der Waals surface area contributed by atoms with Crippen LogP contribution in [-0.4, -0.2) is 14.7 Å². The van der Waals surface area contributed by atoms with Gasteiger partial charge in [-0.25, -0.2) is 9.37 Å². The molecule has 0 aliphatic heterocycles. The highest BCUT2D eigenvalue weighted by atomic mass is 19.1. The lowest BCUT2D eigenvalue weighted by atomic mass is 9.98. The van der Waals surface area contributed by atoms with E-state index in [-0.39, 0.29) is 23.0 Å². The highest BCUT2D eigenvalue weighted by molar-refractivity contribution is 5.67. The van der Waals surface area contributed by atoms with E-state index < -0.39 is 0 Å². The van der Waals surface area contributed by atoms with Gasteiger partial charge in [0.25, 0.3) is 5.56 Å². The van der Waals surface area contributed by atoms with Crippen LogP contribution >= 0.6 is 0 Å². The first-order valence-electron chi connectivity index (χ1n) is 10.0. The Balaban J connectivity index is 2.14. The summed E-state index contributed by atoms with van der Waals surface area (Å²) < 4.78 is 15.2. The molecule has 3 aromatic rings. The molecule has 5 heteroatoms. The topological polar surface area (TPSA) is 55.1 Å². The van der Waals surface area contributed by atoms with Crippen LogP contribution < -0.4 is 5.56 Å². The fraction of sp³-hybridized carbons (Fsp3) is 0.333. The van der Waals surface area contributed by atoms with Crippen LogP contribution in [0.25, 0.3) is 11.4 Å². The van der Waals surface area contributed by atoms with E-state index in [2.05, 4.69) is 0 Å². The van der Waals surface area contributed by atoms with Gasteiger partial charge in [-0.2, -0.15) is 0 Å². The van der Waals surface area contributed by atoms with Crippen molar-refractivity contribution in [2.45, 2.75) is 53.0 Å². The van der Waals surface area contributed by atoms with Gasteiger partial charge in [0.2, 0.25) is 0 Å². The monoisotopic (exact) mass is 394 g/mol. The van der Waals surface area contributed by atoms with E-state index in [1.165, 1.54) is 12.1 Å². The van der Waals surface area contributed by atoms with Crippen LogP contribution in [0.1, 0.15) is 49.1 Å². The maximum atomic E-state index is 13.5. The molecule has 0 saturated heterocycles. The fourth-order valence-corrected chi connectivity index (χ4v) is 3.66. The summed E-state index contributed by atoms with van der Waals surface area (Å²) in [5.74, 6) is 0.436. The first kappa shape index (κ1) is 20.8. The molecular weight excluding hydrogens is 367 g/mol. The maximum absolute atomic E-state index is 13.5. The average Bonchev–Trinajstić information content (AvgIpc) is 2.67. The smallest absolute Gasteiger partial charge is 0.257 e. The predicted octanol–water partition coefficient (Wildman–Crippen LogP) is 4.99. The van der Waals surface area contributed by atoms with Gasteiger partial charge in [0.05, 0.1) is 5.56 Å². The van der Waals surface area contributed by atoms with Crippen LogP contribution in [0, 0.1) is 12.7 Å². The zero-order valence-corrected chi connectivity index (χ0v) is 17.4. The van der Waals surface area contributed by atoms with Gasteiger partial charge >= 0.3 is 0 Å². The van der Waals surface area contributed by atoms with Crippen LogP contribution in [0.3, 0.4) is 0 Å². The number of halogens is 1. The van der Waals surface area contributed by atoms with Crippen LogP contribution in [0.2, 0.25) is 0 Å². The SMILES string of the molecule is CCc1c(C)nc(-c2cccc(C(C)C)c2O)n(CCc2cccc(F)c2)c1=O. The molecule has 3 rings (SSSR count). The Morgan fingerprint density at radius 3 is 2.55 bits per heavy atom. The molecule has 0 amide bonds. The zero-order chi connectivity index (χ0) is 21.1. The quantitative estimate of drug-likeness (QED) is 0.641. The summed E-state index contributed by atoms with van der Waals surface area (Å²) in [7, 11) is 0. The lowest BCUT2D eigenvalue weighted by Gasteiger charge is -2.18. The van der Waals surface area contributed by atoms with Gasteiger partial charge in [-0.3, -0.25) is 9.36 Å². The molecular formula is C24H27FN2O2. The molecule has 0 aliphatic rings. The van der Waals surface area contributed by atoms with Crippen molar-refractivity contribution in [2.24, 2.45) is 0 Å². The number of aromatic hydroxyl groups is 1. The van der Waals surface area contributed by atoms with E-state index in [0.717, 1.165) is 11.1 Å². The van der Waals surface area contributed by atoms with Crippen LogP contribution in [-0.2, 0) is 19.4 Å². The Hall–Kier alpha value is -2.95. The van der Waals surface area contributed by atoms with Crippen LogP contribution in [0.5, 0.6) is 5.75 Å². The molecule has 1 heterocycles. The van der Waals surface area contributed by atoms with Gasteiger partial charge in [0.1, 0.15) is 17.4 Å². The number of hydrogen-bond donors (Lipinski definition) is 1. The molecule has 0 aliphatic carbocycles. The summed E-state index contributed by atoms with van der Waals surface area (Å²) in [5, 5.41) is 10.9. The minimum absolute atomic E-state index is 0.110. The Kier molecular flexibility index (Phi) is 6.16. The molecule has 0 radical (unpaired) electrons. The van der Waals surface area contributed by atoms with Gasteiger partial charge in [0.15, 0.2) is 0 Å². The number of para-hydroxylation sites is 1. The summed E-state index contributed by atoms with van der Waals surface area (Å²) in [4.78, 5) is 17.9. The summed E-state index contributed by atoms with van der Waals surface area (Å²) in [5.41, 5.74) is 3.38. The van der Waals surface area contributed by atoms with Gasteiger partial charge in [-0.1, -0.05) is 45.0 Å². The number of nitrogens with zero attached hydrogens (tertiary/aromatic N) is 2. The van der Waals surface area contributed by atoms with Crippen molar-refractivity contribution in [3.05, 3.63) is 81.0 Å². The molecule has 152 valence electrons. The summed E-state index contributed by atoms with van der Waals surface area (Å²) >= 11 is 0. The molecule has 0 fully saturated rings. The number of aromatic nitrogens is 2. The molecule has 1 aromatic heterocycles. The van der Waals surface area contributed by atoms with Gasteiger partial charge in [0, 0.05) is 17.8 Å². The van der Waals surface area contributed by atoms with E-state index in [4.69, 9.17) is 4.98 Å². The third-order valence-electron chi connectivity index (χ3n) is 5.27. The molecule has 1 N–H and O–H groups in total. The number of benzene rings is 2. The second-order valence-corrected chi connectivity index (χ2v) is 7.59. The standard InChI is InChI=1S/C24H27FN2O2/c1-5-19-16(4)26-23(21-11-7-10-20(15(2)3)22(21)28)27(24(19)29)13-12-17-8-6-9-18(25)14-17/h6-11,14-15,28H,5,12-13H2,1-4H3. The zero-order valence-electron chi connectivity index (χ0n) is 17.4. The summed E-state index contributed by atoms with van der Waals surface area (Å²) in [6.07, 6.45) is 1.07. The summed E-state index contributed by atoms with van der Waals surface area (Å²) in [6, 6.07) is 11.9. The van der Waals surface area contributed by atoms with Crippen molar-refractivity contribution in [3.8, 4) is 17.1 Å². The van der Waals surface area contributed by atoms with E-state index >= 15 is 0 Å². The van der Waals surface area contributed by atoms with Crippen molar-refractivity contribution >= 4 is 0 Å². The molecule has 0 bridgehead atoms. The Labute approximate surface area is 170 Å². The number of phenols is 1. The average molecular weight is 394 g/mol. The normalized spacial score (nSPS) is 11.2. The molecule has 0 saturated carbocycles. The Morgan fingerprint density at radius 2 is 1.90 bits per heavy atom. The van der Waals surface area contributed by atoms with E-state index in [1.54, 1.807) is 16.7 Å². The van der Waals surface area contributed by atoms with Crippen molar-refractivity contribution in [3.63, 3.8) is 0 Å². The number of rotatable bonds is 6. The fourth-order valence-electron chi connectivity index (χ4n) is 3.66. The molecule has 29 heavy (non-hydrogen) atoms. The highest BCUT2D eigenvalue weighted by Crippen LogP contribution is 2.34. The van der Waals surface area contributed by atoms with Gasteiger partial charge in [-0.15, -0.1) is 0 Å². The molecule has 4 nitrogen and oxygen atoms in total. The molecule has 0 unspecified atom stereocenters. The number of phenolic OH excluding ortho intramolecular Hbond substituents is 1. The third kappa shape index (κ3) is 4.24. The first-order valence-corrected chi connectivity index (χ1v) is 10.0. The van der Waals surface area contributed by atoms with Gasteiger partial charge in [-0.05, 0) is 55.0 Å². The second kappa shape index (κ2) is 8.60. The Bertz CT molecular complexity index is 1090. The van der Waals surface area contributed by atoms with Crippen molar-refractivity contribution in [1.82, 2.24) is 9.55 Å². The first-order chi connectivity index (χ1) is 13.8. The minimum atomic E-state index is -0.298. The lowest BCUT2D eigenvalue weighted by molar-refractivity contribution is 0.465. The molecule has 0 atom stereocenters.